The molecule has 0 amide bonds. The van der Waals surface area contributed by atoms with E-state index >= 15 is 0 Å². The Morgan fingerprint density at radius 1 is 0.644 bits per heavy atom. The lowest BCUT2D eigenvalue weighted by atomic mass is 10.0. The number of carbonyl (C=O) groups is 2. The Bertz CT molecular complexity index is 1290. The number of methoxy groups -OCH3 is 1. The summed E-state index contributed by atoms with van der Waals surface area (Å²) in [4.78, 5) is 25.1. The maximum Gasteiger partial charge on any atom is 0.425 e. The molecule has 45 heavy (non-hydrogen) atoms. The van der Waals surface area contributed by atoms with Crippen molar-refractivity contribution in [3.8, 4) is 22.6 Å². The molecule has 1 atom stereocenters. The third-order valence-corrected chi connectivity index (χ3v) is 7.30. The number of hydrogen-bond donors (Lipinski definition) is 0. The van der Waals surface area contributed by atoms with Crippen molar-refractivity contribution in [3.05, 3.63) is 83.9 Å². The van der Waals surface area contributed by atoms with E-state index in [1.54, 1.807) is 12.1 Å². The molecule has 0 fully saturated rings. The summed E-state index contributed by atoms with van der Waals surface area (Å²) in [7, 11) is 1.53. The number of hydrogen-bond acceptors (Lipinski definition) is 6. The minimum atomic E-state index is -4.67. The minimum Gasteiger partial charge on any atom is -0.494 e. The molecule has 244 valence electrons. The molecule has 3 aromatic rings. The summed E-state index contributed by atoms with van der Waals surface area (Å²) in [5.74, 6) is -0.746. The van der Waals surface area contributed by atoms with Crippen LogP contribution in [0, 0.1) is 0 Å². The highest BCUT2D eigenvalue weighted by molar-refractivity contribution is 5.92. The van der Waals surface area contributed by atoms with Crippen molar-refractivity contribution < 1.29 is 41.7 Å². The second kappa shape index (κ2) is 18.8. The van der Waals surface area contributed by atoms with E-state index in [2.05, 4.69) is 6.92 Å². The zero-order valence-electron chi connectivity index (χ0n) is 26.1. The summed E-state index contributed by atoms with van der Waals surface area (Å²) < 4.78 is 61.1. The molecule has 0 saturated carbocycles. The Kier molecular flexibility index (Phi) is 14.9. The number of alkyl halides is 3. The maximum absolute atomic E-state index is 13.4. The van der Waals surface area contributed by atoms with E-state index in [9.17, 15) is 22.8 Å². The van der Waals surface area contributed by atoms with Gasteiger partial charge in [0.2, 0.25) is 0 Å². The van der Waals surface area contributed by atoms with Gasteiger partial charge in [-0.3, -0.25) is 0 Å². The molecule has 3 rings (SSSR count). The summed E-state index contributed by atoms with van der Waals surface area (Å²) in [6.45, 7) is 3.37. The molecule has 6 nitrogen and oxygen atoms in total. The van der Waals surface area contributed by atoms with Crippen LogP contribution in [0.4, 0.5) is 13.2 Å². The molecule has 0 bridgehead atoms. The summed E-state index contributed by atoms with van der Waals surface area (Å²) in [5, 5.41) is 0. The van der Waals surface area contributed by atoms with Gasteiger partial charge < -0.3 is 18.9 Å². The van der Waals surface area contributed by atoms with Crippen LogP contribution in [0.3, 0.4) is 0 Å². The Hall–Kier alpha value is -3.85. The quantitative estimate of drug-likeness (QED) is 0.0748. The minimum absolute atomic E-state index is 0.0772. The highest BCUT2D eigenvalue weighted by Gasteiger charge is 2.42. The van der Waals surface area contributed by atoms with Gasteiger partial charge in [0.1, 0.15) is 11.5 Å². The Morgan fingerprint density at radius 3 is 1.78 bits per heavy atom. The summed E-state index contributed by atoms with van der Waals surface area (Å²) in [5.41, 5.74) is 2.14. The van der Waals surface area contributed by atoms with Crippen LogP contribution in [0.15, 0.2) is 72.8 Å². The lowest BCUT2D eigenvalue weighted by Crippen LogP contribution is -2.33. The molecule has 1 unspecified atom stereocenters. The van der Waals surface area contributed by atoms with E-state index in [1.807, 2.05) is 36.4 Å². The molecule has 0 aliphatic rings. The van der Waals surface area contributed by atoms with Crippen molar-refractivity contribution in [1.82, 2.24) is 0 Å². The van der Waals surface area contributed by atoms with E-state index in [0.29, 0.717) is 31.6 Å². The first-order chi connectivity index (χ1) is 21.7. The van der Waals surface area contributed by atoms with Crippen LogP contribution in [0.2, 0.25) is 0 Å². The highest BCUT2D eigenvalue weighted by atomic mass is 19.4. The van der Waals surface area contributed by atoms with Crippen LogP contribution in [0.25, 0.3) is 11.1 Å². The van der Waals surface area contributed by atoms with E-state index in [4.69, 9.17) is 18.9 Å². The SMILES string of the molecule is CCCCCCCCOc1ccc(-c2ccc(C(=O)Oc3ccc(C(=O)OC(CCCCCOC)C(F)(F)F)cc3)cc2)cc1. The Balaban J connectivity index is 1.48. The fourth-order valence-corrected chi connectivity index (χ4v) is 4.68. The van der Waals surface area contributed by atoms with Crippen LogP contribution in [-0.2, 0) is 9.47 Å². The summed E-state index contributed by atoms with van der Waals surface area (Å²) in [6.07, 6.45) is 1.47. The third kappa shape index (κ3) is 12.6. The standard InChI is InChI=1S/C36H43F3O6/c1-3-4-5-6-7-11-26-43-31-21-17-28(18-22-31)27-13-15-29(16-14-27)34(40)44-32-23-19-30(20-24-32)35(41)45-33(36(37,38)39)12-9-8-10-25-42-2/h13-24,33H,3-12,25-26H2,1-2H3. The number of esters is 2. The lowest BCUT2D eigenvalue weighted by molar-refractivity contribution is -0.206. The van der Waals surface area contributed by atoms with Crippen molar-refractivity contribution in [2.75, 3.05) is 20.3 Å². The van der Waals surface area contributed by atoms with Gasteiger partial charge >= 0.3 is 18.1 Å². The molecular formula is C36H43F3O6. The number of carbonyl (C=O) groups excluding carboxylic acids is 2. The van der Waals surface area contributed by atoms with Crippen molar-refractivity contribution in [3.63, 3.8) is 0 Å². The Labute approximate surface area is 263 Å². The first-order valence-corrected chi connectivity index (χ1v) is 15.6. The molecular weight excluding hydrogens is 585 g/mol. The molecule has 0 saturated heterocycles. The van der Waals surface area contributed by atoms with Crippen molar-refractivity contribution in [2.24, 2.45) is 0 Å². The van der Waals surface area contributed by atoms with E-state index < -0.39 is 24.2 Å². The van der Waals surface area contributed by atoms with Gasteiger partial charge in [0.25, 0.3) is 0 Å². The van der Waals surface area contributed by atoms with E-state index in [0.717, 1.165) is 23.3 Å². The van der Waals surface area contributed by atoms with Gasteiger partial charge in [0, 0.05) is 13.7 Å². The fraction of sp³-hybridized carbons (Fsp3) is 0.444. The number of halogens is 3. The van der Waals surface area contributed by atoms with Crippen LogP contribution < -0.4 is 9.47 Å². The van der Waals surface area contributed by atoms with Gasteiger partial charge in [0.05, 0.1) is 17.7 Å². The molecule has 3 aromatic carbocycles. The molecule has 0 spiro atoms. The first-order valence-electron chi connectivity index (χ1n) is 15.6. The van der Waals surface area contributed by atoms with Crippen molar-refractivity contribution in [2.45, 2.75) is 83.4 Å². The number of benzene rings is 3. The van der Waals surface area contributed by atoms with Crippen LogP contribution in [0.1, 0.15) is 91.8 Å². The van der Waals surface area contributed by atoms with Crippen molar-refractivity contribution >= 4 is 11.9 Å². The molecule has 0 radical (unpaired) electrons. The molecule has 9 heteroatoms. The predicted octanol–water partition coefficient (Wildman–Crippen LogP) is 9.61. The van der Waals surface area contributed by atoms with Gasteiger partial charge in [-0.05, 0) is 85.3 Å². The smallest absolute Gasteiger partial charge is 0.425 e. The normalized spacial score (nSPS) is 12.0. The van der Waals surface area contributed by atoms with Crippen LogP contribution in [0.5, 0.6) is 11.5 Å². The van der Waals surface area contributed by atoms with Gasteiger partial charge in [-0.15, -0.1) is 0 Å². The predicted molar refractivity (Wildman–Crippen MR) is 168 cm³/mol. The number of ether oxygens (including phenoxy) is 4. The first kappa shape index (κ1) is 35.6. The zero-order chi connectivity index (χ0) is 32.5. The van der Waals surface area contributed by atoms with Gasteiger partial charge in [-0.1, -0.05) is 69.7 Å². The Morgan fingerprint density at radius 2 is 1.16 bits per heavy atom. The highest BCUT2D eigenvalue weighted by Crippen LogP contribution is 2.29. The molecule has 0 aliphatic carbocycles. The topological polar surface area (TPSA) is 71.1 Å². The molecule has 0 N–H and O–H groups in total. The largest absolute Gasteiger partial charge is 0.494 e. The van der Waals surface area contributed by atoms with Crippen molar-refractivity contribution in [1.29, 1.82) is 0 Å². The monoisotopic (exact) mass is 628 g/mol. The summed E-state index contributed by atoms with van der Waals surface area (Å²) in [6, 6.07) is 19.9. The van der Waals surface area contributed by atoms with Gasteiger partial charge in [-0.25, -0.2) is 9.59 Å². The van der Waals surface area contributed by atoms with E-state index in [1.165, 1.54) is 63.5 Å². The van der Waals surface area contributed by atoms with Gasteiger partial charge in [0.15, 0.2) is 6.10 Å². The third-order valence-electron chi connectivity index (χ3n) is 7.30. The summed E-state index contributed by atoms with van der Waals surface area (Å²) >= 11 is 0. The fourth-order valence-electron chi connectivity index (χ4n) is 4.68. The number of unbranched alkanes of at least 4 members (excludes halogenated alkanes) is 7. The zero-order valence-corrected chi connectivity index (χ0v) is 26.1. The number of rotatable bonds is 19. The molecule has 0 aromatic heterocycles. The van der Waals surface area contributed by atoms with Crippen LogP contribution >= 0.6 is 0 Å². The van der Waals surface area contributed by atoms with Crippen LogP contribution in [-0.4, -0.2) is 44.5 Å². The van der Waals surface area contributed by atoms with Gasteiger partial charge in [-0.2, -0.15) is 13.2 Å². The lowest BCUT2D eigenvalue weighted by Gasteiger charge is -2.20. The maximum atomic E-state index is 13.4. The molecule has 0 heterocycles. The second-order valence-corrected chi connectivity index (χ2v) is 10.9. The van der Waals surface area contributed by atoms with E-state index in [-0.39, 0.29) is 24.2 Å². The average Bonchev–Trinajstić information content (AvgIpc) is 3.04. The second-order valence-electron chi connectivity index (χ2n) is 10.9. The molecule has 0 aliphatic heterocycles. The average molecular weight is 629 g/mol.